The summed E-state index contributed by atoms with van der Waals surface area (Å²) >= 11 is 0. The summed E-state index contributed by atoms with van der Waals surface area (Å²) in [7, 11) is 1.65. The molecule has 0 spiro atoms. The lowest BCUT2D eigenvalue weighted by molar-refractivity contribution is 0.239. The van der Waals surface area contributed by atoms with Gasteiger partial charge in [0, 0.05) is 19.0 Å². The Morgan fingerprint density at radius 1 is 1.24 bits per heavy atom. The minimum Gasteiger partial charge on any atom is -0.372 e. The molecule has 0 N–H and O–H groups in total. The van der Waals surface area contributed by atoms with Crippen LogP contribution in [-0.2, 0) is 4.74 Å². The molecule has 0 aliphatic carbocycles. The van der Waals surface area contributed by atoms with Crippen molar-refractivity contribution >= 4 is 5.69 Å². The van der Waals surface area contributed by atoms with Crippen molar-refractivity contribution in [3.05, 3.63) is 54.8 Å². The van der Waals surface area contributed by atoms with Crippen LogP contribution in [0.3, 0.4) is 0 Å². The maximum Gasteiger partial charge on any atom is 0.113 e. The van der Waals surface area contributed by atoms with Gasteiger partial charge >= 0.3 is 0 Å². The van der Waals surface area contributed by atoms with Crippen LogP contribution in [0.1, 0.15) is 0 Å². The fourth-order valence-corrected chi connectivity index (χ4v) is 1.68. The number of hydrogen-bond donors (Lipinski definition) is 0. The Morgan fingerprint density at radius 3 is 2.82 bits per heavy atom. The average molecular weight is 225 g/mol. The second kappa shape index (κ2) is 5.93. The number of nitrogens with zero attached hydrogens (tertiary/aromatic N) is 1. The molecule has 0 saturated carbocycles. The van der Waals surface area contributed by atoms with Crippen molar-refractivity contribution in [3.63, 3.8) is 0 Å². The molecule has 1 aliphatic heterocycles. The minimum absolute atomic E-state index is 0.0811. The maximum atomic E-state index is 4.94. The Kier molecular flexibility index (Phi) is 4.01. The summed E-state index contributed by atoms with van der Waals surface area (Å²) in [6, 6.07) is 10.3. The molecule has 1 aromatic carbocycles. The Labute approximate surface area is 102 Å². The van der Waals surface area contributed by atoms with Gasteiger partial charge in [0.15, 0.2) is 0 Å². The molecule has 2 rings (SSSR count). The lowest BCUT2D eigenvalue weighted by Crippen LogP contribution is -2.29. The molecule has 0 aromatic heterocycles. The van der Waals surface area contributed by atoms with Gasteiger partial charge in [0.05, 0.1) is 0 Å². The van der Waals surface area contributed by atoms with E-state index in [0.29, 0.717) is 6.61 Å². The van der Waals surface area contributed by atoms with Crippen LogP contribution in [0.2, 0.25) is 0 Å². The first kappa shape index (κ1) is 11.5. The van der Waals surface area contributed by atoms with Crippen molar-refractivity contribution in [1.82, 2.24) is 0 Å². The Bertz CT molecular complexity index is 465. The molecule has 0 radical (unpaired) electrons. The minimum atomic E-state index is 0.0811. The molecule has 1 aliphatic rings. The molecule has 1 aromatic rings. The van der Waals surface area contributed by atoms with E-state index in [-0.39, 0.29) is 6.04 Å². The van der Waals surface area contributed by atoms with Gasteiger partial charge in [-0.15, -0.1) is 0 Å². The number of benzene rings is 1. The number of anilines is 1. The largest absolute Gasteiger partial charge is 0.372 e. The highest BCUT2D eigenvalue weighted by atomic mass is 16.5. The van der Waals surface area contributed by atoms with E-state index in [0.717, 1.165) is 5.69 Å². The van der Waals surface area contributed by atoms with E-state index < -0.39 is 0 Å². The molecule has 1 unspecified atom stereocenters. The Morgan fingerprint density at radius 2 is 2.06 bits per heavy atom. The van der Waals surface area contributed by atoms with Crippen molar-refractivity contribution in [2.45, 2.75) is 6.04 Å². The van der Waals surface area contributed by atoms with E-state index in [4.69, 9.17) is 4.74 Å². The van der Waals surface area contributed by atoms with Crippen LogP contribution in [0.4, 0.5) is 5.69 Å². The van der Waals surface area contributed by atoms with E-state index >= 15 is 0 Å². The highest BCUT2D eigenvalue weighted by Crippen LogP contribution is 2.19. The zero-order valence-electron chi connectivity index (χ0n) is 9.84. The van der Waals surface area contributed by atoms with Crippen LogP contribution >= 0.6 is 0 Å². The molecule has 2 nitrogen and oxygen atoms in total. The SMILES string of the molecule is COCC#CC1C=CC=CN1c1ccccc1. The highest BCUT2D eigenvalue weighted by molar-refractivity contribution is 5.55. The lowest BCUT2D eigenvalue weighted by atomic mass is 10.1. The third-order valence-corrected chi connectivity index (χ3v) is 2.47. The summed E-state index contributed by atoms with van der Waals surface area (Å²) in [5, 5.41) is 0. The normalized spacial score (nSPS) is 17.7. The summed E-state index contributed by atoms with van der Waals surface area (Å²) < 4.78 is 4.94. The van der Waals surface area contributed by atoms with Crippen LogP contribution in [0.15, 0.2) is 54.8 Å². The van der Waals surface area contributed by atoms with Crippen LogP contribution in [-0.4, -0.2) is 19.8 Å². The maximum absolute atomic E-state index is 4.94. The first-order valence-electron chi connectivity index (χ1n) is 5.57. The average Bonchev–Trinajstić information content (AvgIpc) is 2.41. The fourth-order valence-electron chi connectivity index (χ4n) is 1.68. The zero-order chi connectivity index (χ0) is 11.9. The molecule has 0 saturated heterocycles. The quantitative estimate of drug-likeness (QED) is 0.717. The van der Waals surface area contributed by atoms with Crippen molar-refractivity contribution in [2.24, 2.45) is 0 Å². The number of rotatable bonds is 2. The van der Waals surface area contributed by atoms with Crippen LogP contribution in [0.5, 0.6) is 0 Å². The molecular formula is C15H15NO. The molecule has 0 amide bonds. The third kappa shape index (κ3) is 2.99. The van der Waals surface area contributed by atoms with E-state index in [1.54, 1.807) is 7.11 Å². The molecule has 1 heterocycles. The first-order valence-corrected chi connectivity index (χ1v) is 5.57. The molecule has 2 heteroatoms. The van der Waals surface area contributed by atoms with Crippen molar-refractivity contribution in [1.29, 1.82) is 0 Å². The van der Waals surface area contributed by atoms with Crippen molar-refractivity contribution in [3.8, 4) is 11.8 Å². The highest BCUT2D eigenvalue weighted by Gasteiger charge is 2.12. The van der Waals surface area contributed by atoms with Gasteiger partial charge in [-0.3, -0.25) is 0 Å². The number of allylic oxidation sites excluding steroid dienone is 2. The Hall–Kier alpha value is -1.98. The van der Waals surface area contributed by atoms with E-state index in [9.17, 15) is 0 Å². The monoisotopic (exact) mass is 225 g/mol. The predicted molar refractivity (Wildman–Crippen MR) is 70.6 cm³/mol. The third-order valence-electron chi connectivity index (χ3n) is 2.47. The van der Waals surface area contributed by atoms with Gasteiger partial charge in [0.2, 0.25) is 0 Å². The summed E-state index contributed by atoms with van der Waals surface area (Å²) in [6.45, 7) is 0.469. The number of ether oxygens (including phenoxy) is 1. The molecular weight excluding hydrogens is 210 g/mol. The summed E-state index contributed by atoms with van der Waals surface area (Å²) in [5.74, 6) is 6.19. The molecule has 0 bridgehead atoms. The van der Waals surface area contributed by atoms with E-state index in [2.05, 4.69) is 34.9 Å². The van der Waals surface area contributed by atoms with Crippen LogP contribution in [0.25, 0.3) is 0 Å². The molecule has 1 atom stereocenters. The zero-order valence-corrected chi connectivity index (χ0v) is 9.84. The van der Waals surface area contributed by atoms with Gasteiger partial charge in [-0.2, -0.15) is 0 Å². The van der Waals surface area contributed by atoms with Gasteiger partial charge in [-0.25, -0.2) is 0 Å². The van der Waals surface area contributed by atoms with Gasteiger partial charge < -0.3 is 9.64 Å². The molecule has 0 fully saturated rings. The second-order valence-corrected chi connectivity index (χ2v) is 3.67. The van der Waals surface area contributed by atoms with Crippen LogP contribution < -0.4 is 4.90 Å². The van der Waals surface area contributed by atoms with Gasteiger partial charge in [0.1, 0.15) is 12.6 Å². The second-order valence-electron chi connectivity index (χ2n) is 3.67. The standard InChI is InChI=1S/C15H15NO/c1-17-13-7-11-15-10-5-6-12-16(15)14-8-3-2-4-9-14/h2-6,8-10,12,15H,13H2,1H3. The first-order chi connectivity index (χ1) is 8.42. The molecule has 86 valence electrons. The van der Waals surface area contributed by atoms with Gasteiger partial charge in [-0.1, -0.05) is 36.1 Å². The molecule has 17 heavy (non-hydrogen) atoms. The van der Waals surface area contributed by atoms with E-state index in [1.807, 2.05) is 36.6 Å². The van der Waals surface area contributed by atoms with Crippen molar-refractivity contribution in [2.75, 3.05) is 18.6 Å². The van der Waals surface area contributed by atoms with Crippen LogP contribution in [0, 0.1) is 11.8 Å². The Balaban J connectivity index is 2.18. The number of hydrogen-bond acceptors (Lipinski definition) is 2. The van der Waals surface area contributed by atoms with E-state index in [1.165, 1.54) is 0 Å². The predicted octanol–water partition coefficient (Wildman–Crippen LogP) is 2.59. The summed E-state index contributed by atoms with van der Waals surface area (Å²) in [4.78, 5) is 2.14. The summed E-state index contributed by atoms with van der Waals surface area (Å²) in [5.41, 5.74) is 1.14. The smallest absolute Gasteiger partial charge is 0.113 e. The van der Waals surface area contributed by atoms with Gasteiger partial charge in [-0.05, 0) is 24.3 Å². The topological polar surface area (TPSA) is 12.5 Å². The van der Waals surface area contributed by atoms with Crippen molar-refractivity contribution < 1.29 is 4.74 Å². The number of para-hydroxylation sites is 1. The van der Waals surface area contributed by atoms with Gasteiger partial charge in [0.25, 0.3) is 0 Å². The summed E-state index contributed by atoms with van der Waals surface area (Å²) in [6.07, 6.45) is 8.16. The lowest BCUT2D eigenvalue weighted by Gasteiger charge is -2.26. The number of methoxy groups -OCH3 is 1. The fraction of sp³-hybridized carbons (Fsp3) is 0.200.